The van der Waals surface area contributed by atoms with Crippen molar-refractivity contribution in [2.75, 3.05) is 13.7 Å². The van der Waals surface area contributed by atoms with Crippen molar-refractivity contribution in [2.45, 2.75) is 12.5 Å². The number of nitrogens with two attached hydrogens (primary N) is 1. The molecule has 13 heavy (non-hydrogen) atoms. The molecule has 3 nitrogen and oxygen atoms in total. The van der Waals surface area contributed by atoms with Gasteiger partial charge in [-0.05, 0) is 11.6 Å². The number of ether oxygens (including phenoxy) is 1. The first-order chi connectivity index (χ1) is 6.27. The summed E-state index contributed by atoms with van der Waals surface area (Å²) < 4.78 is 5.14. The van der Waals surface area contributed by atoms with Crippen molar-refractivity contribution in [3.63, 3.8) is 0 Å². The first-order valence-corrected chi connectivity index (χ1v) is 4.28. The molecule has 72 valence electrons. The number of methoxy groups -OCH3 is 1. The zero-order valence-electron chi connectivity index (χ0n) is 7.73. The van der Waals surface area contributed by atoms with E-state index in [-0.39, 0.29) is 6.54 Å². The minimum absolute atomic E-state index is 0.276. The average Bonchev–Trinajstić information content (AvgIpc) is 2.18. The van der Waals surface area contributed by atoms with E-state index in [2.05, 4.69) is 0 Å². The lowest BCUT2D eigenvalue weighted by molar-refractivity contribution is 0.182. The monoisotopic (exact) mass is 181 g/mol. The average molecular weight is 181 g/mol. The van der Waals surface area contributed by atoms with E-state index in [0.29, 0.717) is 6.42 Å². The van der Waals surface area contributed by atoms with Crippen LogP contribution in [0.25, 0.3) is 0 Å². The summed E-state index contributed by atoms with van der Waals surface area (Å²) in [5.41, 5.74) is 6.31. The molecule has 0 radical (unpaired) electrons. The minimum Gasteiger partial charge on any atom is -0.496 e. The van der Waals surface area contributed by atoms with E-state index in [1.807, 2.05) is 24.3 Å². The molecule has 0 saturated carbocycles. The Kier molecular flexibility index (Phi) is 3.73. The molecular weight excluding hydrogens is 166 g/mol. The third kappa shape index (κ3) is 2.72. The summed E-state index contributed by atoms with van der Waals surface area (Å²) in [7, 11) is 1.62. The molecule has 0 aliphatic rings. The molecule has 0 aliphatic heterocycles. The van der Waals surface area contributed by atoms with Crippen LogP contribution >= 0.6 is 0 Å². The number of hydrogen-bond acceptors (Lipinski definition) is 3. The number of aliphatic hydroxyl groups excluding tert-OH is 1. The van der Waals surface area contributed by atoms with E-state index in [9.17, 15) is 5.11 Å². The second-order valence-electron chi connectivity index (χ2n) is 2.91. The van der Waals surface area contributed by atoms with Crippen molar-refractivity contribution in [3.8, 4) is 5.75 Å². The third-order valence-electron chi connectivity index (χ3n) is 1.92. The summed E-state index contributed by atoms with van der Waals surface area (Å²) in [6, 6.07) is 7.62. The maximum Gasteiger partial charge on any atom is 0.122 e. The molecule has 1 rings (SSSR count). The van der Waals surface area contributed by atoms with Crippen molar-refractivity contribution in [1.82, 2.24) is 0 Å². The van der Waals surface area contributed by atoms with Gasteiger partial charge in [0.05, 0.1) is 13.2 Å². The van der Waals surface area contributed by atoms with Crippen LogP contribution in [-0.2, 0) is 6.42 Å². The highest BCUT2D eigenvalue weighted by Crippen LogP contribution is 2.18. The summed E-state index contributed by atoms with van der Waals surface area (Å²) in [6.45, 7) is 0.276. The van der Waals surface area contributed by atoms with E-state index >= 15 is 0 Å². The van der Waals surface area contributed by atoms with Crippen molar-refractivity contribution >= 4 is 0 Å². The molecule has 1 atom stereocenters. The van der Waals surface area contributed by atoms with Gasteiger partial charge in [-0.2, -0.15) is 0 Å². The Morgan fingerprint density at radius 2 is 2.15 bits per heavy atom. The third-order valence-corrected chi connectivity index (χ3v) is 1.92. The van der Waals surface area contributed by atoms with Crippen LogP contribution in [0, 0.1) is 0 Å². The van der Waals surface area contributed by atoms with Gasteiger partial charge in [-0.15, -0.1) is 0 Å². The molecule has 0 heterocycles. The smallest absolute Gasteiger partial charge is 0.122 e. The van der Waals surface area contributed by atoms with Crippen LogP contribution in [-0.4, -0.2) is 24.9 Å². The van der Waals surface area contributed by atoms with E-state index in [4.69, 9.17) is 10.5 Å². The predicted octanol–water partition coefficient (Wildman–Crippen LogP) is 0.557. The SMILES string of the molecule is COc1ccccc1CC(O)CN. The quantitative estimate of drug-likeness (QED) is 0.713. The van der Waals surface area contributed by atoms with Crippen molar-refractivity contribution in [1.29, 1.82) is 0 Å². The molecule has 1 unspecified atom stereocenters. The lowest BCUT2D eigenvalue weighted by atomic mass is 10.1. The van der Waals surface area contributed by atoms with Crippen LogP contribution in [0.2, 0.25) is 0 Å². The maximum absolute atomic E-state index is 9.35. The molecule has 0 aliphatic carbocycles. The lowest BCUT2D eigenvalue weighted by Crippen LogP contribution is -2.22. The van der Waals surface area contributed by atoms with Gasteiger partial charge in [0, 0.05) is 13.0 Å². The van der Waals surface area contributed by atoms with Crippen molar-refractivity contribution < 1.29 is 9.84 Å². The Morgan fingerprint density at radius 3 is 2.77 bits per heavy atom. The zero-order chi connectivity index (χ0) is 9.68. The fourth-order valence-corrected chi connectivity index (χ4v) is 1.21. The minimum atomic E-state index is -0.490. The number of aliphatic hydroxyl groups is 1. The topological polar surface area (TPSA) is 55.5 Å². The van der Waals surface area contributed by atoms with Crippen LogP contribution in [0.3, 0.4) is 0 Å². The van der Waals surface area contributed by atoms with E-state index in [0.717, 1.165) is 11.3 Å². The van der Waals surface area contributed by atoms with Crippen LogP contribution in [0.15, 0.2) is 24.3 Å². The molecular formula is C10H15NO2. The number of para-hydroxylation sites is 1. The van der Waals surface area contributed by atoms with Crippen LogP contribution < -0.4 is 10.5 Å². The summed E-state index contributed by atoms with van der Waals surface area (Å²) >= 11 is 0. The van der Waals surface area contributed by atoms with E-state index in [1.165, 1.54) is 0 Å². The largest absolute Gasteiger partial charge is 0.496 e. The first-order valence-electron chi connectivity index (χ1n) is 4.28. The number of benzene rings is 1. The summed E-state index contributed by atoms with van der Waals surface area (Å²) in [5.74, 6) is 0.801. The highest BCUT2D eigenvalue weighted by atomic mass is 16.5. The first kappa shape index (κ1) is 10.0. The van der Waals surface area contributed by atoms with Crippen molar-refractivity contribution in [2.24, 2.45) is 5.73 Å². The standard InChI is InChI=1S/C10H15NO2/c1-13-10-5-3-2-4-8(10)6-9(12)7-11/h2-5,9,12H,6-7,11H2,1H3. The Labute approximate surface area is 78.1 Å². The zero-order valence-corrected chi connectivity index (χ0v) is 7.73. The molecule has 3 N–H and O–H groups in total. The van der Waals surface area contributed by atoms with Crippen LogP contribution in [0.1, 0.15) is 5.56 Å². The molecule has 1 aromatic rings. The van der Waals surface area contributed by atoms with Crippen molar-refractivity contribution in [3.05, 3.63) is 29.8 Å². The van der Waals surface area contributed by atoms with Gasteiger partial charge in [-0.1, -0.05) is 18.2 Å². The molecule has 0 aromatic heterocycles. The summed E-state index contributed by atoms with van der Waals surface area (Å²) in [6.07, 6.45) is 0.0526. The van der Waals surface area contributed by atoms with Crippen LogP contribution in [0.5, 0.6) is 5.75 Å². The van der Waals surface area contributed by atoms with Gasteiger partial charge in [0.2, 0.25) is 0 Å². The van der Waals surface area contributed by atoms with Gasteiger partial charge < -0.3 is 15.6 Å². The summed E-state index contributed by atoms with van der Waals surface area (Å²) in [5, 5.41) is 9.35. The number of hydrogen-bond donors (Lipinski definition) is 2. The van der Waals surface area contributed by atoms with Crippen LogP contribution in [0.4, 0.5) is 0 Å². The second kappa shape index (κ2) is 4.84. The number of rotatable bonds is 4. The van der Waals surface area contributed by atoms with Gasteiger partial charge in [0.15, 0.2) is 0 Å². The molecule has 0 fully saturated rings. The maximum atomic E-state index is 9.35. The predicted molar refractivity (Wildman–Crippen MR) is 51.8 cm³/mol. The molecule has 0 amide bonds. The fraction of sp³-hybridized carbons (Fsp3) is 0.400. The van der Waals surface area contributed by atoms with Gasteiger partial charge >= 0.3 is 0 Å². The Morgan fingerprint density at radius 1 is 1.46 bits per heavy atom. The highest BCUT2D eigenvalue weighted by Gasteiger charge is 2.06. The van der Waals surface area contributed by atoms with E-state index in [1.54, 1.807) is 7.11 Å². The molecule has 0 bridgehead atoms. The van der Waals surface area contributed by atoms with E-state index < -0.39 is 6.10 Å². The molecule has 1 aromatic carbocycles. The lowest BCUT2D eigenvalue weighted by Gasteiger charge is -2.10. The summed E-state index contributed by atoms with van der Waals surface area (Å²) in [4.78, 5) is 0. The Bertz CT molecular complexity index is 263. The molecule has 0 saturated heterocycles. The molecule has 3 heteroatoms. The second-order valence-corrected chi connectivity index (χ2v) is 2.91. The normalized spacial score (nSPS) is 12.5. The van der Waals surface area contributed by atoms with Gasteiger partial charge in [0.25, 0.3) is 0 Å². The Balaban J connectivity index is 2.74. The highest BCUT2D eigenvalue weighted by molar-refractivity contribution is 5.33. The van der Waals surface area contributed by atoms with Gasteiger partial charge in [0.1, 0.15) is 5.75 Å². The molecule has 0 spiro atoms. The Hall–Kier alpha value is -1.06. The van der Waals surface area contributed by atoms with Gasteiger partial charge in [-0.25, -0.2) is 0 Å². The fourth-order valence-electron chi connectivity index (χ4n) is 1.21. The van der Waals surface area contributed by atoms with Gasteiger partial charge in [-0.3, -0.25) is 0 Å².